The van der Waals surface area contributed by atoms with Crippen LogP contribution in [-0.2, 0) is 0 Å². The number of rotatable bonds is 1. The normalized spacial score (nSPS) is 10.8. The first-order chi connectivity index (χ1) is 7.84. The van der Waals surface area contributed by atoms with Crippen LogP contribution in [0, 0.1) is 6.07 Å². The van der Waals surface area contributed by atoms with Gasteiger partial charge in [-0.15, -0.1) is 0 Å². The Morgan fingerprint density at radius 2 is 2.25 bits per heavy atom. The summed E-state index contributed by atoms with van der Waals surface area (Å²) in [6.07, 6.45) is 1.61. The summed E-state index contributed by atoms with van der Waals surface area (Å²) < 4.78 is 0. The second kappa shape index (κ2) is 3.34. The lowest BCUT2D eigenvalue weighted by Crippen LogP contribution is -1.86. The van der Waals surface area contributed by atoms with Gasteiger partial charge < -0.3 is 5.73 Å². The van der Waals surface area contributed by atoms with Gasteiger partial charge in [-0.25, -0.2) is 4.98 Å². The average Bonchev–Trinajstić information content (AvgIpc) is 2.73. The summed E-state index contributed by atoms with van der Waals surface area (Å²) in [5.41, 5.74) is 8.84. The molecular formula is C12H9N4. The van der Waals surface area contributed by atoms with Gasteiger partial charge in [0, 0.05) is 10.9 Å². The molecule has 3 N–H and O–H groups in total. The molecule has 0 bridgehead atoms. The number of aromatic nitrogens is 3. The van der Waals surface area contributed by atoms with Crippen molar-refractivity contribution < 1.29 is 0 Å². The first kappa shape index (κ1) is 8.91. The molecular weight excluding hydrogens is 200 g/mol. The molecule has 0 spiro atoms. The third-order valence-corrected chi connectivity index (χ3v) is 2.40. The standard InChI is InChI=1S/C12H9N4/c13-9-6-10-11(8-4-2-1-3-5-8)15-16-12(10)14-7-9/h1-4,6-7H,13H2,(H,14,15,16). The molecule has 0 aliphatic heterocycles. The first-order valence-electron chi connectivity index (χ1n) is 4.91. The van der Waals surface area contributed by atoms with Crippen molar-refractivity contribution in [3.63, 3.8) is 0 Å². The van der Waals surface area contributed by atoms with Crippen molar-refractivity contribution >= 4 is 16.7 Å². The smallest absolute Gasteiger partial charge is 0.155 e. The van der Waals surface area contributed by atoms with E-state index in [9.17, 15) is 0 Å². The van der Waals surface area contributed by atoms with E-state index in [4.69, 9.17) is 5.73 Å². The molecule has 0 saturated heterocycles. The monoisotopic (exact) mass is 209 g/mol. The third-order valence-electron chi connectivity index (χ3n) is 2.40. The van der Waals surface area contributed by atoms with Gasteiger partial charge in [-0.05, 0) is 12.1 Å². The molecule has 0 aliphatic rings. The molecule has 3 rings (SSSR count). The van der Waals surface area contributed by atoms with Gasteiger partial charge in [-0.1, -0.05) is 24.3 Å². The molecule has 4 nitrogen and oxygen atoms in total. The van der Waals surface area contributed by atoms with Gasteiger partial charge in [0.05, 0.1) is 11.9 Å². The van der Waals surface area contributed by atoms with E-state index in [1.165, 1.54) is 0 Å². The van der Waals surface area contributed by atoms with Crippen molar-refractivity contribution in [2.45, 2.75) is 0 Å². The van der Waals surface area contributed by atoms with Gasteiger partial charge in [-0.3, -0.25) is 5.10 Å². The van der Waals surface area contributed by atoms with Crippen molar-refractivity contribution in [3.05, 3.63) is 42.6 Å². The van der Waals surface area contributed by atoms with E-state index >= 15 is 0 Å². The zero-order valence-electron chi connectivity index (χ0n) is 8.44. The van der Waals surface area contributed by atoms with E-state index in [1.54, 1.807) is 6.20 Å². The quantitative estimate of drug-likeness (QED) is 0.644. The van der Waals surface area contributed by atoms with E-state index in [1.807, 2.05) is 30.3 Å². The summed E-state index contributed by atoms with van der Waals surface area (Å²) in [5, 5.41) is 8.03. The summed E-state index contributed by atoms with van der Waals surface area (Å²) >= 11 is 0. The van der Waals surface area contributed by atoms with Crippen molar-refractivity contribution in [1.29, 1.82) is 0 Å². The fourth-order valence-electron chi connectivity index (χ4n) is 1.67. The summed E-state index contributed by atoms with van der Waals surface area (Å²) in [6.45, 7) is 0. The number of fused-ring (bicyclic) bond motifs is 1. The Hall–Kier alpha value is -2.36. The summed E-state index contributed by atoms with van der Waals surface area (Å²) in [5.74, 6) is 0. The summed E-state index contributed by atoms with van der Waals surface area (Å²) in [7, 11) is 0. The van der Waals surface area contributed by atoms with Gasteiger partial charge in [-0.2, -0.15) is 5.10 Å². The maximum absolute atomic E-state index is 5.72. The number of hydrogen-bond acceptors (Lipinski definition) is 3. The van der Waals surface area contributed by atoms with Crippen molar-refractivity contribution in [2.24, 2.45) is 0 Å². The molecule has 0 fully saturated rings. The average molecular weight is 209 g/mol. The molecule has 0 saturated carbocycles. The number of nitrogens with zero attached hydrogens (tertiary/aromatic N) is 2. The highest BCUT2D eigenvalue weighted by molar-refractivity contribution is 5.92. The number of aromatic amines is 1. The van der Waals surface area contributed by atoms with Crippen LogP contribution in [0.25, 0.3) is 22.3 Å². The molecule has 0 atom stereocenters. The first-order valence-corrected chi connectivity index (χ1v) is 4.91. The predicted octanol–water partition coefficient (Wildman–Crippen LogP) is 2.01. The number of benzene rings is 1. The fourth-order valence-corrected chi connectivity index (χ4v) is 1.67. The number of nitrogen functional groups attached to an aromatic ring is 1. The molecule has 1 radical (unpaired) electrons. The maximum atomic E-state index is 5.72. The number of anilines is 1. The minimum absolute atomic E-state index is 0.631. The van der Waals surface area contributed by atoms with Crippen LogP contribution in [0.3, 0.4) is 0 Å². The van der Waals surface area contributed by atoms with Gasteiger partial charge in [0.1, 0.15) is 5.69 Å². The number of nitrogens with one attached hydrogen (secondary N) is 1. The van der Waals surface area contributed by atoms with Crippen molar-refractivity contribution in [3.8, 4) is 11.3 Å². The van der Waals surface area contributed by atoms with Crippen LogP contribution in [0.15, 0.2) is 36.5 Å². The van der Waals surface area contributed by atoms with Gasteiger partial charge in [0.15, 0.2) is 5.65 Å². The van der Waals surface area contributed by atoms with Gasteiger partial charge >= 0.3 is 0 Å². The molecule has 0 amide bonds. The van der Waals surface area contributed by atoms with Crippen LogP contribution >= 0.6 is 0 Å². The van der Waals surface area contributed by atoms with E-state index in [0.717, 1.165) is 22.3 Å². The summed E-state index contributed by atoms with van der Waals surface area (Å²) in [4.78, 5) is 4.17. The zero-order valence-corrected chi connectivity index (χ0v) is 8.44. The van der Waals surface area contributed by atoms with Crippen LogP contribution in [0.2, 0.25) is 0 Å². The lowest BCUT2D eigenvalue weighted by Gasteiger charge is -1.96. The molecule has 0 unspecified atom stereocenters. The summed E-state index contributed by atoms with van der Waals surface area (Å²) in [6, 6.07) is 12.7. The Morgan fingerprint density at radius 1 is 1.31 bits per heavy atom. The number of H-pyrrole nitrogens is 1. The zero-order chi connectivity index (χ0) is 11.0. The Kier molecular flexibility index (Phi) is 1.86. The molecule has 2 heterocycles. The second-order valence-corrected chi connectivity index (χ2v) is 3.51. The van der Waals surface area contributed by atoms with E-state index < -0.39 is 0 Å². The Labute approximate surface area is 92.1 Å². The number of hydrogen-bond donors (Lipinski definition) is 2. The maximum Gasteiger partial charge on any atom is 0.155 e. The van der Waals surface area contributed by atoms with Crippen LogP contribution in [0.5, 0.6) is 0 Å². The molecule has 3 aromatic rings. The van der Waals surface area contributed by atoms with Crippen LogP contribution in [-0.4, -0.2) is 15.2 Å². The molecule has 77 valence electrons. The van der Waals surface area contributed by atoms with Crippen LogP contribution in [0.4, 0.5) is 5.69 Å². The van der Waals surface area contributed by atoms with E-state index in [-0.39, 0.29) is 0 Å². The minimum Gasteiger partial charge on any atom is -0.397 e. The van der Waals surface area contributed by atoms with Crippen LogP contribution in [0.1, 0.15) is 0 Å². The highest BCUT2D eigenvalue weighted by Gasteiger charge is 2.08. The Bertz CT molecular complexity index is 628. The lowest BCUT2D eigenvalue weighted by atomic mass is 10.1. The second-order valence-electron chi connectivity index (χ2n) is 3.51. The number of nitrogens with two attached hydrogens (primary N) is 1. The third kappa shape index (κ3) is 1.32. The number of pyridine rings is 1. The Balaban J connectivity index is 2.29. The largest absolute Gasteiger partial charge is 0.397 e. The van der Waals surface area contributed by atoms with Crippen molar-refractivity contribution in [1.82, 2.24) is 15.2 Å². The predicted molar refractivity (Wildman–Crippen MR) is 62.6 cm³/mol. The fraction of sp³-hybridized carbons (Fsp3) is 0. The Morgan fingerprint density at radius 3 is 3.06 bits per heavy atom. The SMILES string of the molecule is Nc1cnc2[nH]nc(-c3[c]cccc3)c2c1. The molecule has 0 aliphatic carbocycles. The molecule has 2 aromatic heterocycles. The van der Waals surface area contributed by atoms with Crippen LogP contribution < -0.4 is 5.73 Å². The van der Waals surface area contributed by atoms with Gasteiger partial charge in [0.2, 0.25) is 0 Å². The lowest BCUT2D eigenvalue weighted by molar-refractivity contribution is 1.10. The van der Waals surface area contributed by atoms with Crippen molar-refractivity contribution in [2.75, 3.05) is 5.73 Å². The minimum atomic E-state index is 0.631. The molecule has 4 heteroatoms. The van der Waals surface area contributed by atoms with Gasteiger partial charge in [0.25, 0.3) is 0 Å². The highest BCUT2D eigenvalue weighted by atomic mass is 15.1. The van der Waals surface area contributed by atoms with E-state index in [2.05, 4.69) is 21.2 Å². The highest BCUT2D eigenvalue weighted by Crippen LogP contribution is 2.25. The molecule has 16 heavy (non-hydrogen) atoms. The van der Waals surface area contributed by atoms with E-state index in [0.29, 0.717) is 5.69 Å². The topological polar surface area (TPSA) is 67.6 Å². The molecule has 1 aromatic carbocycles.